The Kier molecular flexibility index (Phi) is 4.16. The van der Waals surface area contributed by atoms with E-state index in [0.717, 1.165) is 21.7 Å². The van der Waals surface area contributed by atoms with Gasteiger partial charge in [0, 0.05) is 12.7 Å². The van der Waals surface area contributed by atoms with E-state index < -0.39 is 11.8 Å². The van der Waals surface area contributed by atoms with Crippen LogP contribution in [-0.2, 0) is 9.59 Å². The molecule has 0 bridgehead atoms. The number of halogens is 1. The Morgan fingerprint density at radius 2 is 1.62 bits per heavy atom. The summed E-state index contributed by atoms with van der Waals surface area (Å²) in [6, 6.07) is 14.9. The number of benzene rings is 2. The zero-order valence-corrected chi connectivity index (χ0v) is 14.5. The maximum Gasteiger partial charge on any atom is 0.283 e. The van der Waals surface area contributed by atoms with Crippen LogP contribution in [0.25, 0.3) is 0 Å². The van der Waals surface area contributed by atoms with Gasteiger partial charge >= 0.3 is 0 Å². The van der Waals surface area contributed by atoms with Crippen LogP contribution in [0.15, 0.2) is 59.3 Å². The smallest absolute Gasteiger partial charge is 0.283 e. The molecule has 0 fully saturated rings. The molecule has 4 nitrogen and oxygen atoms in total. The second-order valence-electron chi connectivity index (χ2n) is 5.79. The van der Waals surface area contributed by atoms with Crippen LogP contribution in [-0.4, -0.2) is 18.9 Å². The largest absolute Gasteiger partial charge is 0.339 e. The number of rotatable bonds is 3. The topological polar surface area (TPSA) is 40.6 Å². The van der Waals surface area contributed by atoms with Crippen molar-refractivity contribution in [3.63, 3.8) is 0 Å². The average Bonchev–Trinajstić information content (AvgIpc) is 2.78. The zero-order valence-electron chi connectivity index (χ0n) is 13.7. The predicted molar refractivity (Wildman–Crippen MR) is 96.1 cm³/mol. The van der Waals surface area contributed by atoms with Crippen molar-refractivity contribution in [1.29, 1.82) is 0 Å². The molecular weight excluding hydrogens is 324 g/mol. The molecule has 122 valence electrons. The molecule has 0 aromatic heterocycles. The van der Waals surface area contributed by atoms with Crippen molar-refractivity contribution in [2.24, 2.45) is 0 Å². The lowest BCUT2D eigenvalue weighted by molar-refractivity contribution is -0.120. The minimum absolute atomic E-state index is 0.0636. The first-order valence-electron chi connectivity index (χ1n) is 7.56. The third-order valence-corrected chi connectivity index (χ3v) is 4.42. The van der Waals surface area contributed by atoms with Gasteiger partial charge in [-0.1, -0.05) is 47.5 Å². The average molecular weight is 341 g/mol. The van der Waals surface area contributed by atoms with Gasteiger partial charge in [-0.15, -0.1) is 0 Å². The molecule has 24 heavy (non-hydrogen) atoms. The molecule has 0 N–H and O–H groups in total. The SMILES string of the molecule is Cc1ccc(N2C(=O)C(Cl)=C(N(C)c3ccccc3)C2=O)c(C)c1. The van der Waals surface area contributed by atoms with Crippen LogP contribution < -0.4 is 9.80 Å². The van der Waals surface area contributed by atoms with Crippen LogP contribution in [0, 0.1) is 13.8 Å². The highest BCUT2D eigenvalue weighted by atomic mass is 35.5. The first kappa shape index (κ1) is 16.3. The van der Waals surface area contributed by atoms with E-state index in [1.165, 1.54) is 0 Å². The summed E-state index contributed by atoms with van der Waals surface area (Å²) in [6.07, 6.45) is 0. The summed E-state index contributed by atoms with van der Waals surface area (Å²) >= 11 is 6.22. The molecule has 0 radical (unpaired) electrons. The van der Waals surface area contributed by atoms with Gasteiger partial charge < -0.3 is 4.90 Å². The summed E-state index contributed by atoms with van der Waals surface area (Å²) in [5.41, 5.74) is 3.45. The number of para-hydroxylation sites is 1. The van der Waals surface area contributed by atoms with E-state index in [4.69, 9.17) is 11.6 Å². The van der Waals surface area contributed by atoms with Crippen LogP contribution in [0.5, 0.6) is 0 Å². The Morgan fingerprint density at radius 3 is 2.25 bits per heavy atom. The summed E-state index contributed by atoms with van der Waals surface area (Å²) < 4.78 is 0. The normalized spacial score (nSPS) is 14.6. The molecule has 3 rings (SSSR count). The fourth-order valence-electron chi connectivity index (χ4n) is 2.84. The molecule has 5 heteroatoms. The van der Waals surface area contributed by atoms with Gasteiger partial charge in [0.2, 0.25) is 0 Å². The molecular formula is C19H17ClN2O2. The van der Waals surface area contributed by atoms with Crippen LogP contribution in [0.2, 0.25) is 0 Å². The number of imide groups is 1. The van der Waals surface area contributed by atoms with Crippen molar-refractivity contribution in [2.75, 3.05) is 16.8 Å². The quantitative estimate of drug-likeness (QED) is 0.799. The summed E-state index contributed by atoms with van der Waals surface area (Å²) in [5.74, 6) is -0.908. The summed E-state index contributed by atoms with van der Waals surface area (Å²) in [4.78, 5) is 28.3. The van der Waals surface area contributed by atoms with Gasteiger partial charge in [-0.05, 0) is 37.6 Å². The standard InChI is InChI=1S/C19H17ClN2O2/c1-12-9-10-15(13(2)11-12)22-18(23)16(20)17(19(22)24)21(3)14-7-5-4-6-8-14/h4-11H,1-3H3. The van der Waals surface area contributed by atoms with E-state index in [0.29, 0.717) is 5.69 Å². The van der Waals surface area contributed by atoms with Gasteiger partial charge in [0.05, 0.1) is 5.69 Å². The van der Waals surface area contributed by atoms with Crippen molar-refractivity contribution in [3.8, 4) is 0 Å². The second-order valence-corrected chi connectivity index (χ2v) is 6.17. The van der Waals surface area contributed by atoms with Gasteiger partial charge in [0.1, 0.15) is 10.7 Å². The second kappa shape index (κ2) is 6.13. The van der Waals surface area contributed by atoms with E-state index in [1.807, 2.05) is 56.3 Å². The Bertz CT molecular complexity index is 859. The lowest BCUT2D eigenvalue weighted by Gasteiger charge is -2.22. The third-order valence-electron chi connectivity index (χ3n) is 4.08. The van der Waals surface area contributed by atoms with Crippen molar-refractivity contribution in [2.45, 2.75) is 13.8 Å². The molecule has 1 aliphatic rings. The molecule has 0 unspecified atom stereocenters. The number of anilines is 2. The van der Waals surface area contributed by atoms with E-state index in [1.54, 1.807) is 18.0 Å². The molecule has 0 saturated heterocycles. The van der Waals surface area contributed by atoms with Gasteiger partial charge in [-0.25, -0.2) is 4.90 Å². The molecule has 1 heterocycles. The minimum Gasteiger partial charge on any atom is -0.339 e. The van der Waals surface area contributed by atoms with Crippen molar-refractivity contribution in [1.82, 2.24) is 0 Å². The first-order valence-corrected chi connectivity index (χ1v) is 7.94. The van der Waals surface area contributed by atoms with Crippen molar-refractivity contribution < 1.29 is 9.59 Å². The molecule has 0 aliphatic carbocycles. The lowest BCUT2D eigenvalue weighted by Crippen LogP contribution is -2.34. The van der Waals surface area contributed by atoms with E-state index in [2.05, 4.69) is 0 Å². The van der Waals surface area contributed by atoms with Gasteiger partial charge in [-0.2, -0.15) is 0 Å². The van der Waals surface area contributed by atoms with Gasteiger partial charge in [0.15, 0.2) is 0 Å². The maximum atomic E-state index is 12.9. The predicted octanol–water partition coefficient (Wildman–Crippen LogP) is 3.76. The maximum absolute atomic E-state index is 12.9. The van der Waals surface area contributed by atoms with Crippen LogP contribution in [0.1, 0.15) is 11.1 Å². The van der Waals surface area contributed by atoms with E-state index >= 15 is 0 Å². The summed E-state index contributed by atoms with van der Waals surface area (Å²) in [5, 5.41) is -0.0636. The van der Waals surface area contributed by atoms with Gasteiger partial charge in [0.25, 0.3) is 11.8 Å². The number of hydrogen-bond acceptors (Lipinski definition) is 3. The van der Waals surface area contributed by atoms with Crippen molar-refractivity contribution in [3.05, 3.63) is 70.4 Å². The number of likely N-dealkylation sites (N-methyl/N-ethyl adjacent to an activating group) is 1. The Morgan fingerprint density at radius 1 is 0.958 bits per heavy atom. The van der Waals surface area contributed by atoms with Gasteiger partial charge in [-0.3, -0.25) is 9.59 Å². The third kappa shape index (κ3) is 2.59. The van der Waals surface area contributed by atoms with E-state index in [9.17, 15) is 9.59 Å². The molecule has 2 aromatic rings. The van der Waals surface area contributed by atoms with Crippen LogP contribution >= 0.6 is 11.6 Å². The highest BCUT2D eigenvalue weighted by Gasteiger charge is 2.41. The Hall–Kier alpha value is -2.59. The summed E-state index contributed by atoms with van der Waals surface area (Å²) in [7, 11) is 1.73. The van der Waals surface area contributed by atoms with E-state index in [-0.39, 0.29) is 10.7 Å². The Labute approximate surface area is 145 Å². The molecule has 1 aliphatic heterocycles. The number of carbonyl (C=O) groups excluding carboxylic acids is 2. The molecule has 0 saturated carbocycles. The summed E-state index contributed by atoms with van der Waals surface area (Å²) in [6.45, 7) is 3.83. The molecule has 0 spiro atoms. The number of carbonyl (C=O) groups is 2. The number of amides is 2. The highest BCUT2D eigenvalue weighted by Crippen LogP contribution is 2.34. The monoisotopic (exact) mass is 340 g/mol. The molecule has 2 amide bonds. The van der Waals surface area contributed by atoms with Crippen LogP contribution in [0.3, 0.4) is 0 Å². The number of hydrogen-bond donors (Lipinski definition) is 0. The number of aryl methyl sites for hydroxylation is 2. The first-order chi connectivity index (χ1) is 11.4. The fourth-order valence-corrected chi connectivity index (χ4v) is 3.13. The molecule has 2 aromatic carbocycles. The lowest BCUT2D eigenvalue weighted by atomic mass is 10.1. The Balaban J connectivity index is 2.02. The van der Waals surface area contributed by atoms with Crippen LogP contribution in [0.4, 0.5) is 11.4 Å². The highest BCUT2D eigenvalue weighted by molar-refractivity contribution is 6.53. The number of nitrogens with zero attached hydrogens (tertiary/aromatic N) is 2. The zero-order chi connectivity index (χ0) is 17.4. The fraction of sp³-hybridized carbons (Fsp3) is 0.158. The van der Waals surface area contributed by atoms with Crippen molar-refractivity contribution >= 4 is 34.8 Å². The molecule has 0 atom stereocenters. The minimum atomic E-state index is -0.494.